The van der Waals surface area contributed by atoms with Gasteiger partial charge in [0.25, 0.3) is 0 Å². The molecule has 0 saturated heterocycles. The Bertz CT molecular complexity index is 655. The number of anilines is 1. The number of nitrogens with one attached hydrogen (secondary N) is 2. The molecule has 0 bridgehead atoms. The molecular formula is C15H19N3O2S. The van der Waals surface area contributed by atoms with E-state index >= 15 is 0 Å². The summed E-state index contributed by atoms with van der Waals surface area (Å²) < 4.78 is 26.4. The topological polar surface area (TPSA) is 71.1 Å². The smallest absolute Gasteiger partial charge is 0.240 e. The lowest BCUT2D eigenvalue weighted by Crippen LogP contribution is -2.24. The van der Waals surface area contributed by atoms with Crippen molar-refractivity contribution in [1.29, 1.82) is 0 Å². The molecule has 1 aromatic heterocycles. The first-order chi connectivity index (χ1) is 10.1. The van der Waals surface area contributed by atoms with Crippen molar-refractivity contribution in [3.8, 4) is 0 Å². The van der Waals surface area contributed by atoms with Gasteiger partial charge in [-0.25, -0.2) is 13.1 Å². The van der Waals surface area contributed by atoms with Crippen LogP contribution in [0.15, 0.2) is 53.7 Å². The molecule has 0 aliphatic heterocycles. The quantitative estimate of drug-likeness (QED) is 0.824. The van der Waals surface area contributed by atoms with Crippen molar-refractivity contribution in [2.45, 2.75) is 24.8 Å². The molecule has 1 aromatic carbocycles. The lowest BCUT2D eigenvalue weighted by molar-refractivity contribution is 0.581. The Balaban J connectivity index is 1.99. The molecule has 21 heavy (non-hydrogen) atoms. The van der Waals surface area contributed by atoms with Crippen molar-refractivity contribution in [1.82, 2.24) is 9.71 Å². The van der Waals surface area contributed by atoms with E-state index in [9.17, 15) is 8.42 Å². The Morgan fingerprint density at radius 1 is 1.05 bits per heavy atom. The van der Waals surface area contributed by atoms with Crippen LogP contribution in [0.3, 0.4) is 0 Å². The Hall–Kier alpha value is -1.92. The number of hydrogen-bond acceptors (Lipinski definition) is 4. The number of sulfonamides is 1. The molecule has 0 unspecified atom stereocenters. The first-order valence-electron chi connectivity index (χ1n) is 6.84. The maximum Gasteiger partial charge on any atom is 0.240 e. The van der Waals surface area contributed by atoms with Gasteiger partial charge in [-0.2, -0.15) is 0 Å². The summed E-state index contributed by atoms with van der Waals surface area (Å²) in [6.45, 7) is 3.04. The molecule has 0 fully saturated rings. The minimum absolute atomic E-state index is 0.283. The van der Waals surface area contributed by atoms with Gasteiger partial charge in [0.1, 0.15) is 0 Å². The van der Waals surface area contributed by atoms with Crippen LogP contribution in [0.1, 0.15) is 18.9 Å². The monoisotopic (exact) mass is 305 g/mol. The van der Waals surface area contributed by atoms with Gasteiger partial charge in [-0.1, -0.05) is 6.92 Å². The fourth-order valence-corrected chi connectivity index (χ4v) is 2.91. The molecule has 5 nitrogen and oxygen atoms in total. The van der Waals surface area contributed by atoms with E-state index in [-0.39, 0.29) is 4.90 Å². The van der Waals surface area contributed by atoms with E-state index in [1.54, 1.807) is 36.7 Å². The lowest BCUT2D eigenvalue weighted by Gasteiger charge is -2.09. The van der Waals surface area contributed by atoms with Crippen LogP contribution < -0.4 is 10.0 Å². The van der Waals surface area contributed by atoms with E-state index in [1.807, 2.05) is 19.1 Å². The molecule has 112 valence electrons. The van der Waals surface area contributed by atoms with Crippen molar-refractivity contribution in [2.24, 2.45) is 0 Å². The summed E-state index contributed by atoms with van der Waals surface area (Å²) in [6.07, 6.45) is 4.25. The van der Waals surface area contributed by atoms with Crippen molar-refractivity contribution in [2.75, 3.05) is 11.9 Å². The van der Waals surface area contributed by atoms with Crippen LogP contribution in [0.25, 0.3) is 0 Å². The third-order valence-corrected chi connectivity index (χ3v) is 4.43. The molecule has 6 heteroatoms. The second kappa shape index (κ2) is 7.19. The van der Waals surface area contributed by atoms with E-state index < -0.39 is 10.0 Å². The average Bonchev–Trinajstić information content (AvgIpc) is 2.52. The van der Waals surface area contributed by atoms with Crippen LogP contribution in [0.4, 0.5) is 5.69 Å². The van der Waals surface area contributed by atoms with Crippen molar-refractivity contribution < 1.29 is 8.42 Å². The van der Waals surface area contributed by atoms with Crippen LogP contribution in [0.5, 0.6) is 0 Å². The second-order valence-electron chi connectivity index (χ2n) is 4.63. The standard InChI is InChI=1S/C15H19N3O2S/c1-2-9-18-21(19,20)15-5-3-14(4-6-15)17-12-13-7-10-16-11-8-13/h3-8,10-11,17-18H,2,9,12H2,1H3. The predicted octanol–water partition coefficient (Wildman–Crippen LogP) is 2.38. The fraction of sp³-hybridized carbons (Fsp3) is 0.267. The molecule has 0 atom stereocenters. The van der Waals surface area contributed by atoms with Gasteiger partial charge in [0.15, 0.2) is 0 Å². The summed E-state index contributed by atoms with van der Waals surface area (Å²) in [5, 5.41) is 3.24. The molecule has 2 rings (SSSR count). The summed E-state index contributed by atoms with van der Waals surface area (Å²) in [5.41, 5.74) is 1.99. The second-order valence-corrected chi connectivity index (χ2v) is 6.40. The SMILES string of the molecule is CCCNS(=O)(=O)c1ccc(NCc2ccncc2)cc1. The highest BCUT2D eigenvalue weighted by Gasteiger charge is 2.12. The Labute approximate surface area is 125 Å². The largest absolute Gasteiger partial charge is 0.381 e. The molecule has 1 heterocycles. The first-order valence-corrected chi connectivity index (χ1v) is 8.32. The highest BCUT2D eigenvalue weighted by molar-refractivity contribution is 7.89. The molecular weight excluding hydrogens is 286 g/mol. The average molecular weight is 305 g/mol. The summed E-state index contributed by atoms with van der Waals surface area (Å²) in [6, 6.07) is 10.6. The van der Waals surface area contributed by atoms with Crippen molar-refractivity contribution in [3.05, 3.63) is 54.4 Å². The van der Waals surface area contributed by atoms with Crippen molar-refractivity contribution in [3.63, 3.8) is 0 Å². The van der Waals surface area contributed by atoms with E-state index in [0.29, 0.717) is 13.1 Å². The number of rotatable bonds is 7. The third-order valence-electron chi connectivity index (χ3n) is 2.95. The van der Waals surface area contributed by atoms with Gasteiger partial charge in [-0.3, -0.25) is 4.98 Å². The molecule has 2 aromatic rings. The van der Waals surface area contributed by atoms with E-state index in [2.05, 4.69) is 15.0 Å². The molecule has 0 radical (unpaired) electrons. The van der Waals surface area contributed by atoms with E-state index in [0.717, 1.165) is 17.7 Å². The number of hydrogen-bond donors (Lipinski definition) is 2. The normalized spacial score (nSPS) is 11.3. The van der Waals surface area contributed by atoms with Crippen LogP contribution >= 0.6 is 0 Å². The molecule has 0 amide bonds. The van der Waals surface area contributed by atoms with Gasteiger partial charge in [0.05, 0.1) is 4.90 Å². The van der Waals surface area contributed by atoms with Gasteiger partial charge < -0.3 is 5.32 Å². The van der Waals surface area contributed by atoms with Crippen molar-refractivity contribution >= 4 is 15.7 Å². The molecule has 2 N–H and O–H groups in total. The van der Waals surface area contributed by atoms with Crippen LogP contribution in [0, 0.1) is 0 Å². The zero-order valence-corrected chi connectivity index (χ0v) is 12.7. The lowest BCUT2D eigenvalue weighted by atomic mass is 10.2. The first kappa shape index (κ1) is 15.5. The highest BCUT2D eigenvalue weighted by Crippen LogP contribution is 2.14. The van der Waals surface area contributed by atoms with Crippen LogP contribution in [-0.4, -0.2) is 19.9 Å². The number of pyridine rings is 1. The Morgan fingerprint density at radius 3 is 2.33 bits per heavy atom. The highest BCUT2D eigenvalue weighted by atomic mass is 32.2. The summed E-state index contributed by atoms with van der Waals surface area (Å²) in [7, 11) is -3.39. The number of aromatic nitrogens is 1. The zero-order chi connectivity index (χ0) is 15.1. The van der Waals surface area contributed by atoms with Gasteiger partial charge in [0, 0.05) is 31.2 Å². The zero-order valence-electron chi connectivity index (χ0n) is 11.9. The van der Waals surface area contributed by atoms with Gasteiger partial charge >= 0.3 is 0 Å². The summed E-state index contributed by atoms with van der Waals surface area (Å²) in [5.74, 6) is 0. The maximum absolute atomic E-state index is 11.9. The summed E-state index contributed by atoms with van der Waals surface area (Å²) in [4.78, 5) is 4.24. The molecule has 0 aliphatic rings. The van der Waals surface area contributed by atoms with Crippen LogP contribution in [-0.2, 0) is 16.6 Å². The van der Waals surface area contributed by atoms with Crippen LogP contribution in [0.2, 0.25) is 0 Å². The minimum atomic E-state index is -3.39. The Kier molecular flexibility index (Phi) is 5.30. The van der Waals surface area contributed by atoms with E-state index in [1.165, 1.54) is 0 Å². The molecule has 0 saturated carbocycles. The van der Waals surface area contributed by atoms with Gasteiger partial charge in [0.2, 0.25) is 10.0 Å². The van der Waals surface area contributed by atoms with Gasteiger partial charge in [-0.15, -0.1) is 0 Å². The predicted molar refractivity (Wildman–Crippen MR) is 83.5 cm³/mol. The number of nitrogens with zero attached hydrogens (tertiary/aromatic N) is 1. The minimum Gasteiger partial charge on any atom is -0.381 e. The molecule has 0 aliphatic carbocycles. The Morgan fingerprint density at radius 2 is 1.71 bits per heavy atom. The van der Waals surface area contributed by atoms with E-state index in [4.69, 9.17) is 0 Å². The summed E-state index contributed by atoms with van der Waals surface area (Å²) >= 11 is 0. The number of benzene rings is 1. The maximum atomic E-state index is 11.9. The van der Waals surface area contributed by atoms with Gasteiger partial charge in [-0.05, 0) is 48.4 Å². The third kappa shape index (κ3) is 4.54. The fourth-order valence-electron chi connectivity index (χ4n) is 1.78. The molecule has 0 spiro atoms.